The number of nitrogens with zero attached hydrogens (tertiary/aromatic N) is 1. The van der Waals surface area contributed by atoms with Gasteiger partial charge in [0, 0.05) is 29.2 Å². The molecule has 0 saturated heterocycles. The lowest BCUT2D eigenvalue weighted by atomic mass is 10.0. The highest BCUT2D eigenvalue weighted by Gasteiger charge is 2.10. The lowest BCUT2D eigenvalue weighted by molar-refractivity contribution is -0.116. The van der Waals surface area contributed by atoms with Crippen LogP contribution < -0.4 is 10.6 Å². The van der Waals surface area contributed by atoms with Crippen LogP contribution in [0.4, 0.5) is 11.4 Å². The first-order valence-electron chi connectivity index (χ1n) is 9.13. The van der Waals surface area contributed by atoms with E-state index in [1.54, 1.807) is 0 Å². The molecule has 0 aliphatic heterocycles. The summed E-state index contributed by atoms with van der Waals surface area (Å²) in [6.45, 7) is 5.75. The van der Waals surface area contributed by atoms with Gasteiger partial charge in [-0.15, -0.1) is 11.3 Å². The van der Waals surface area contributed by atoms with E-state index in [0.717, 1.165) is 27.6 Å². The molecule has 0 aliphatic carbocycles. The van der Waals surface area contributed by atoms with Crippen molar-refractivity contribution in [3.63, 3.8) is 0 Å². The van der Waals surface area contributed by atoms with Crippen molar-refractivity contribution in [1.29, 1.82) is 0 Å². The molecule has 0 atom stereocenters. The van der Waals surface area contributed by atoms with Crippen LogP contribution in [0.1, 0.15) is 37.9 Å². The van der Waals surface area contributed by atoms with Gasteiger partial charge in [0.25, 0.3) is 0 Å². The minimum atomic E-state index is -0.116. The summed E-state index contributed by atoms with van der Waals surface area (Å²) in [6.07, 6.45) is 0.216. The zero-order valence-corrected chi connectivity index (χ0v) is 17.0. The van der Waals surface area contributed by atoms with Gasteiger partial charge < -0.3 is 10.6 Å². The van der Waals surface area contributed by atoms with Crippen LogP contribution in [0.2, 0.25) is 0 Å². The van der Waals surface area contributed by atoms with Gasteiger partial charge in [0.05, 0.1) is 12.1 Å². The summed E-state index contributed by atoms with van der Waals surface area (Å²) in [5.41, 5.74) is 4.38. The summed E-state index contributed by atoms with van der Waals surface area (Å²) >= 11 is 1.48. The summed E-state index contributed by atoms with van der Waals surface area (Å²) < 4.78 is 0. The Hall–Kier alpha value is -2.99. The van der Waals surface area contributed by atoms with Crippen LogP contribution in [0.15, 0.2) is 53.9 Å². The number of thiazole rings is 1. The lowest BCUT2D eigenvalue weighted by Gasteiger charge is -2.08. The fraction of sp³-hybridized carbons (Fsp3) is 0.227. The number of nitrogens with one attached hydrogen (secondary N) is 2. The van der Waals surface area contributed by atoms with Crippen LogP contribution in [0, 0.1) is 0 Å². The molecule has 3 aromatic rings. The van der Waals surface area contributed by atoms with Gasteiger partial charge in [0.15, 0.2) is 0 Å². The third-order valence-corrected chi connectivity index (χ3v) is 5.12. The summed E-state index contributed by atoms with van der Waals surface area (Å²) in [5.74, 6) is 0.249. The molecule has 3 rings (SSSR count). The number of carbonyl (C=O) groups is 2. The van der Waals surface area contributed by atoms with Gasteiger partial charge in [-0.25, -0.2) is 4.98 Å². The topological polar surface area (TPSA) is 71.1 Å². The van der Waals surface area contributed by atoms with Crippen molar-refractivity contribution in [1.82, 2.24) is 4.98 Å². The van der Waals surface area contributed by atoms with E-state index >= 15 is 0 Å². The average Bonchev–Trinajstić information content (AvgIpc) is 3.10. The van der Waals surface area contributed by atoms with Gasteiger partial charge in [0.2, 0.25) is 11.8 Å². The summed E-state index contributed by atoms with van der Waals surface area (Å²) in [7, 11) is 0. The first-order chi connectivity index (χ1) is 13.4. The Morgan fingerprint density at radius 3 is 2.46 bits per heavy atom. The second kappa shape index (κ2) is 8.80. The molecule has 28 heavy (non-hydrogen) atoms. The number of aromatic nitrogens is 1. The van der Waals surface area contributed by atoms with E-state index in [2.05, 4.69) is 29.5 Å². The summed E-state index contributed by atoms with van der Waals surface area (Å²) in [4.78, 5) is 28.1. The fourth-order valence-electron chi connectivity index (χ4n) is 2.78. The standard InChI is InChI=1S/C22H23N3O2S/c1-14(2)16-7-9-18(10-8-16)24-21(27)12-20-13-28-22(25-20)17-5-4-6-19(11-17)23-15(3)26/h4-11,13-14H,12H2,1-3H3,(H,23,26)(H,24,27). The van der Waals surface area contributed by atoms with Crippen molar-refractivity contribution in [2.24, 2.45) is 0 Å². The van der Waals surface area contributed by atoms with Crippen LogP contribution in [0.5, 0.6) is 0 Å². The molecule has 5 nitrogen and oxygen atoms in total. The van der Waals surface area contributed by atoms with Gasteiger partial charge >= 0.3 is 0 Å². The normalized spacial score (nSPS) is 10.7. The Kier molecular flexibility index (Phi) is 6.21. The Labute approximate surface area is 168 Å². The monoisotopic (exact) mass is 393 g/mol. The predicted octanol–water partition coefficient (Wildman–Crippen LogP) is 5.07. The SMILES string of the molecule is CC(=O)Nc1cccc(-c2nc(CC(=O)Nc3ccc(C(C)C)cc3)cs2)c1. The molecule has 2 amide bonds. The molecule has 0 radical (unpaired) electrons. The Morgan fingerprint density at radius 2 is 1.79 bits per heavy atom. The smallest absolute Gasteiger partial charge is 0.230 e. The van der Waals surface area contributed by atoms with E-state index in [1.807, 2.05) is 53.9 Å². The summed E-state index contributed by atoms with van der Waals surface area (Å²) in [5, 5.41) is 8.39. The van der Waals surface area contributed by atoms with Gasteiger partial charge in [0.1, 0.15) is 5.01 Å². The fourth-order valence-corrected chi connectivity index (χ4v) is 3.59. The minimum Gasteiger partial charge on any atom is -0.326 e. The Bertz CT molecular complexity index is 977. The van der Waals surface area contributed by atoms with Crippen LogP contribution in [0.25, 0.3) is 10.6 Å². The van der Waals surface area contributed by atoms with Crippen molar-refractivity contribution in [3.05, 3.63) is 65.2 Å². The molecule has 2 aromatic carbocycles. The molecular formula is C22H23N3O2S. The highest BCUT2D eigenvalue weighted by molar-refractivity contribution is 7.13. The van der Waals surface area contributed by atoms with Crippen LogP contribution in [-0.2, 0) is 16.0 Å². The minimum absolute atomic E-state index is 0.0962. The number of rotatable bonds is 6. The van der Waals surface area contributed by atoms with Crippen molar-refractivity contribution >= 4 is 34.5 Å². The number of hydrogen-bond donors (Lipinski definition) is 2. The number of amides is 2. The highest BCUT2D eigenvalue weighted by atomic mass is 32.1. The second-order valence-corrected chi connectivity index (χ2v) is 7.77. The maximum Gasteiger partial charge on any atom is 0.230 e. The zero-order chi connectivity index (χ0) is 20.1. The quantitative estimate of drug-likeness (QED) is 0.614. The van der Waals surface area contributed by atoms with Gasteiger partial charge in [-0.3, -0.25) is 9.59 Å². The van der Waals surface area contributed by atoms with Gasteiger partial charge in [-0.2, -0.15) is 0 Å². The molecule has 0 aliphatic rings. The van der Waals surface area contributed by atoms with Crippen molar-refractivity contribution in [2.75, 3.05) is 10.6 Å². The first-order valence-corrected chi connectivity index (χ1v) is 10.0. The maximum absolute atomic E-state index is 12.3. The number of carbonyl (C=O) groups excluding carboxylic acids is 2. The molecule has 0 bridgehead atoms. The molecule has 0 fully saturated rings. The molecule has 2 N–H and O–H groups in total. The van der Waals surface area contributed by atoms with Gasteiger partial charge in [-0.1, -0.05) is 38.1 Å². The molecule has 0 spiro atoms. The van der Waals surface area contributed by atoms with E-state index in [9.17, 15) is 9.59 Å². The average molecular weight is 394 g/mol. The molecule has 6 heteroatoms. The van der Waals surface area contributed by atoms with Gasteiger partial charge in [-0.05, 0) is 35.7 Å². The molecule has 1 heterocycles. The summed E-state index contributed by atoms with van der Waals surface area (Å²) in [6, 6.07) is 15.4. The van der Waals surface area contributed by atoms with Crippen LogP contribution >= 0.6 is 11.3 Å². The van der Waals surface area contributed by atoms with E-state index in [0.29, 0.717) is 5.92 Å². The molecule has 1 aromatic heterocycles. The highest BCUT2D eigenvalue weighted by Crippen LogP contribution is 2.26. The third kappa shape index (κ3) is 5.27. The second-order valence-electron chi connectivity index (χ2n) is 6.91. The number of anilines is 2. The van der Waals surface area contributed by atoms with Crippen molar-refractivity contribution in [3.8, 4) is 10.6 Å². The predicted molar refractivity (Wildman–Crippen MR) is 115 cm³/mol. The lowest BCUT2D eigenvalue weighted by Crippen LogP contribution is -2.14. The molecule has 0 saturated carbocycles. The van der Waals surface area contributed by atoms with Crippen molar-refractivity contribution < 1.29 is 9.59 Å². The largest absolute Gasteiger partial charge is 0.326 e. The number of benzene rings is 2. The first kappa shape index (κ1) is 19.8. The molecular weight excluding hydrogens is 370 g/mol. The van der Waals surface area contributed by atoms with E-state index in [1.165, 1.54) is 23.8 Å². The Balaban J connectivity index is 1.64. The van der Waals surface area contributed by atoms with E-state index in [-0.39, 0.29) is 18.2 Å². The third-order valence-electron chi connectivity index (χ3n) is 4.18. The van der Waals surface area contributed by atoms with Crippen LogP contribution in [-0.4, -0.2) is 16.8 Å². The zero-order valence-electron chi connectivity index (χ0n) is 16.2. The van der Waals surface area contributed by atoms with Crippen LogP contribution in [0.3, 0.4) is 0 Å². The number of hydrogen-bond acceptors (Lipinski definition) is 4. The van der Waals surface area contributed by atoms with E-state index < -0.39 is 0 Å². The van der Waals surface area contributed by atoms with Crippen molar-refractivity contribution in [2.45, 2.75) is 33.1 Å². The molecule has 0 unspecified atom stereocenters. The van der Waals surface area contributed by atoms with E-state index in [4.69, 9.17) is 0 Å². The maximum atomic E-state index is 12.3. The molecule has 144 valence electrons. The Morgan fingerprint density at radius 1 is 1.04 bits per heavy atom.